The first kappa shape index (κ1) is 14.2. The van der Waals surface area contributed by atoms with Crippen LogP contribution in [0.15, 0.2) is 18.7 Å². The van der Waals surface area contributed by atoms with E-state index in [0.717, 1.165) is 0 Å². The minimum absolute atomic E-state index is 0. The number of hydrogen-bond donors (Lipinski definition) is 2. The van der Waals surface area contributed by atoms with Crippen LogP contribution in [-0.4, -0.2) is 33.7 Å². The quantitative estimate of drug-likeness (QED) is 0.824. The largest absolute Gasteiger partial charge is 0.481 e. The van der Waals surface area contributed by atoms with Crippen LogP contribution in [0.2, 0.25) is 0 Å². The first-order chi connectivity index (χ1) is 6.23. The van der Waals surface area contributed by atoms with E-state index < -0.39 is 5.97 Å². The van der Waals surface area contributed by atoms with E-state index in [2.05, 4.69) is 10.3 Å². The fraction of sp³-hybridized carbons (Fsp3) is 0.500. The average Bonchev–Trinajstić information content (AvgIpc) is 2.48. The molecule has 0 saturated carbocycles. The molecule has 2 N–H and O–H groups in total. The summed E-state index contributed by atoms with van der Waals surface area (Å²) in [6.45, 7) is 1.41. The molecule has 5 nitrogen and oxygen atoms in total. The molecular formula is C8H13Cl2N3O2. The van der Waals surface area contributed by atoms with Gasteiger partial charge in [-0.1, -0.05) is 0 Å². The highest BCUT2D eigenvalue weighted by Crippen LogP contribution is 2.25. The van der Waals surface area contributed by atoms with Gasteiger partial charge in [0.1, 0.15) is 0 Å². The number of rotatable bonds is 3. The fourth-order valence-corrected chi connectivity index (χ4v) is 1.63. The number of nitrogens with zero attached hydrogens (tertiary/aromatic N) is 2. The Balaban J connectivity index is 0.000000980. The normalized spacial score (nSPS) is 16.8. The number of aliphatic carboxylic acids is 1. The zero-order valence-electron chi connectivity index (χ0n) is 7.92. The Bertz CT molecular complexity index is 312. The number of carboxylic acids is 1. The molecule has 0 aromatic carbocycles. The number of imidazole rings is 1. The van der Waals surface area contributed by atoms with Gasteiger partial charge < -0.3 is 15.0 Å². The SMILES string of the molecule is Cl.Cl.O=C(O)CC1(n2ccnc2)CNC1. The van der Waals surface area contributed by atoms with Crippen LogP contribution in [0.25, 0.3) is 0 Å². The zero-order valence-corrected chi connectivity index (χ0v) is 9.55. The molecule has 0 spiro atoms. The number of hydrogen-bond acceptors (Lipinski definition) is 3. The van der Waals surface area contributed by atoms with E-state index in [9.17, 15) is 4.79 Å². The van der Waals surface area contributed by atoms with Crippen LogP contribution in [0.4, 0.5) is 0 Å². The van der Waals surface area contributed by atoms with Gasteiger partial charge in [0.25, 0.3) is 0 Å². The summed E-state index contributed by atoms with van der Waals surface area (Å²) in [7, 11) is 0. The summed E-state index contributed by atoms with van der Waals surface area (Å²) in [5.74, 6) is -0.768. The van der Waals surface area contributed by atoms with Crippen LogP contribution >= 0.6 is 24.8 Å². The van der Waals surface area contributed by atoms with Crippen LogP contribution in [0.1, 0.15) is 6.42 Å². The molecule has 7 heteroatoms. The molecule has 0 radical (unpaired) electrons. The molecule has 1 saturated heterocycles. The van der Waals surface area contributed by atoms with Gasteiger partial charge in [-0.2, -0.15) is 0 Å². The fourth-order valence-electron chi connectivity index (χ4n) is 1.63. The average molecular weight is 254 g/mol. The van der Waals surface area contributed by atoms with E-state index in [-0.39, 0.29) is 36.8 Å². The summed E-state index contributed by atoms with van der Waals surface area (Å²) in [5.41, 5.74) is -0.289. The minimum atomic E-state index is -0.768. The molecule has 2 heterocycles. The molecule has 15 heavy (non-hydrogen) atoms. The monoisotopic (exact) mass is 253 g/mol. The van der Waals surface area contributed by atoms with Crippen molar-refractivity contribution in [2.24, 2.45) is 0 Å². The molecule has 0 amide bonds. The van der Waals surface area contributed by atoms with E-state index >= 15 is 0 Å². The smallest absolute Gasteiger partial charge is 0.305 e. The number of nitrogens with one attached hydrogen (secondary N) is 1. The lowest BCUT2D eigenvalue weighted by atomic mass is 9.88. The van der Waals surface area contributed by atoms with Gasteiger partial charge in [-0.3, -0.25) is 4.79 Å². The van der Waals surface area contributed by atoms with Crippen LogP contribution in [0.5, 0.6) is 0 Å². The molecule has 1 fully saturated rings. The first-order valence-corrected chi connectivity index (χ1v) is 4.14. The lowest BCUT2D eigenvalue weighted by molar-refractivity contribution is -0.140. The Morgan fingerprint density at radius 2 is 2.20 bits per heavy atom. The Labute approximate surface area is 99.7 Å². The number of carbonyl (C=O) groups is 1. The summed E-state index contributed by atoms with van der Waals surface area (Å²) in [6, 6.07) is 0. The van der Waals surface area contributed by atoms with E-state index in [4.69, 9.17) is 5.11 Å². The van der Waals surface area contributed by atoms with E-state index in [1.54, 1.807) is 12.5 Å². The van der Waals surface area contributed by atoms with Crippen molar-refractivity contribution in [2.45, 2.75) is 12.0 Å². The molecule has 1 aliphatic heterocycles. The van der Waals surface area contributed by atoms with Crippen LogP contribution in [0.3, 0.4) is 0 Å². The van der Waals surface area contributed by atoms with Crippen molar-refractivity contribution in [2.75, 3.05) is 13.1 Å². The van der Waals surface area contributed by atoms with Crippen molar-refractivity contribution >= 4 is 30.8 Å². The predicted octanol–water partition coefficient (Wildman–Crippen LogP) is 0.500. The molecule has 0 atom stereocenters. The maximum Gasteiger partial charge on any atom is 0.305 e. The Morgan fingerprint density at radius 1 is 1.53 bits per heavy atom. The lowest BCUT2D eigenvalue weighted by Gasteiger charge is -2.42. The van der Waals surface area contributed by atoms with Gasteiger partial charge in [0.15, 0.2) is 0 Å². The maximum atomic E-state index is 10.6. The van der Waals surface area contributed by atoms with E-state index in [0.29, 0.717) is 13.1 Å². The summed E-state index contributed by atoms with van der Waals surface area (Å²) < 4.78 is 1.87. The van der Waals surface area contributed by atoms with E-state index in [1.807, 2.05) is 10.8 Å². The molecule has 0 bridgehead atoms. The summed E-state index contributed by atoms with van der Waals surface area (Å²) in [4.78, 5) is 14.6. The van der Waals surface area contributed by atoms with Gasteiger partial charge in [0.05, 0.1) is 18.3 Å². The van der Waals surface area contributed by atoms with Gasteiger partial charge in [-0.25, -0.2) is 4.98 Å². The van der Waals surface area contributed by atoms with Crippen molar-refractivity contribution < 1.29 is 9.90 Å². The third-order valence-electron chi connectivity index (χ3n) is 2.44. The second-order valence-corrected chi connectivity index (χ2v) is 3.37. The second kappa shape index (κ2) is 5.34. The Morgan fingerprint density at radius 3 is 2.53 bits per heavy atom. The van der Waals surface area contributed by atoms with Gasteiger partial charge in [0, 0.05) is 25.5 Å². The molecule has 86 valence electrons. The molecular weight excluding hydrogens is 241 g/mol. The van der Waals surface area contributed by atoms with Crippen molar-refractivity contribution in [1.82, 2.24) is 14.9 Å². The highest BCUT2D eigenvalue weighted by molar-refractivity contribution is 5.85. The van der Waals surface area contributed by atoms with Crippen molar-refractivity contribution in [1.29, 1.82) is 0 Å². The van der Waals surface area contributed by atoms with Gasteiger partial charge in [-0.05, 0) is 0 Å². The Kier molecular flexibility index (Phi) is 5.07. The van der Waals surface area contributed by atoms with Crippen LogP contribution < -0.4 is 5.32 Å². The number of halogens is 2. The third-order valence-corrected chi connectivity index (χ3v) is 2.44. The van der Waals surface area contributed by atoms with Crippen molar-refractivity contribution in [3.05, 3.63) is 18.7 Å². The highest BCUT2D eigenvalue weighted by Gasteiger charge is 2.40. The standard InChI is InChI=1S/C8H11N3O2.2ClH/c12-7(13)3-8(4-10-5-8)11-2-1-9-6-11;;/h1-2,6,10H,3-5H2,(H,12,13);2*1H. The van der Waals surface area contributed by atoms with Crippen LogP contribution in [0, 0.1) is 0 Å². The molecule has 1 aliphatic rings. The second-order valence-electron chi connectivity index (χ2n) is 3.37. The van der Waals surface area contributed by atoms with E-state index in [1.165, 1.54) is 0 Å². The number of aromatic nitrogens is 2. The topological polar surface area (TPSA) is 67.1 Å². The van der Waals surface area contributed by atoms with Gasteiger partial charge in [-0.15, -0.1) is 24.8 Å². The molecule has 0 unspecified atom stereocenters. The molecule has 1 aromatic heterocycles. The zero-order chi connectivity index (χ0) is 9.31. The van der Waals surface area contributed by atoms with Crippen LogP contribution in [-0.2, 0) is 10.3 Å². The third kappa shape index (κ3) is 2.62. The van der Waals surface area contributed by atoms with Crippen molar-refractivity contribution in [3.63, 3.8) is 0 Å². The highest BCUT2D eigenvalue weighted by atomic mass is 35.5. The Hall–Kier alpha value is -0.780. The predicted molar refractivity (Wildman–Crippen MR) is 59.8 cm³/mol. The molecule has 0 aliphatic carbocycles. The molecule has 1 aromatic rings. The molecule has 2 rings (SSSR count). The minimum Gasteiger partial charge on any atom is -0.481 e. The summed E-state index contributed by atoms with van der Waals surface area (Å²) in [5, 5.41) is 11.8. The van der Waals surface area contributed by atoms with Gasteiger partial charge >= 0.3 is 5.97 Å². The first-order valence-electron chi connectivity index (χ1n) is 4.14. The van der Waals surface area contributed by atoms with Crippen molar-refractivity contribution in [3.8, 4) is 0 Å². The van der Waals surface area contributed by atoms with Gasteiger partial charge in [0.2, 0.25) is 0 Å². The maximum absolute atomic E-state index is 10.6. The number of carboxylic acid groups (broad SMARTS) is 1. The summed E-state index contributed by atoms with van der Waals surface area (Å²) >= 11 is 0. The summed E-state index contributed by atoms with van der Waals surface area (Å²) in [6.07, 6.45) is 5.30. The lowest BCUT2D eigenvalue weighted by Crippen LogP contribution is -2.61.